The summed E-state index contributed by atoms with van der Waals surface area (Å²) in [4.78, 5) is 49.7. The quantitative estimate of drug-likeness (QED) is 0.644. The van der Waals surface area contributed by atoms with Gasteiger partial charge in [0.1, 0.15) is 24.6 Å². The number of carboxylic acid groups (broad SMARTS) is 1. The Hall–Kier alpha value is -3.56. The highest BCUT2D eigenvalue weighted by Gasteiger charge is 2.19. The normalized spacial score (nSPS) is 10.3. The molecule has 2 N–H and O–H groups in total. The average Bonchev–Trinajstić information content (AvgIpc) is 2.62. The summed E-state index contributed by atoms with van der Waals surface area (Å²) < 4.78 is 11.3. The van der Waals surface area contributed by atoms with E-state index in [1.807, 2.05) is 4.98 Å². The van der Waals surface area contributed by atoms with Gasteiger partial charge in [0, 0.05) is 24.9 Å². The molecule has 0 saturated carbocycles. The van der Waals surface area contributed by atoms with Crippen molar-refractivity contribution in [3.05, 3.63) is 56.9 Å². The second-order valence-electron chi connectivity index (χ2n) is 5.60. The largest absolute Gasteiger partial charge is 0.497 e. The highest BCUT2D eigenvalue weighted by atomic mass is 16.5. The van der Waals surface area contributed by atoms with Crippen LogP contribution in [0.5, 0.6) is 11.5 Å². The van der Waals surface area contributed by atoms with Gasteiger partial charge in [-0.15, -0.1) is 0 Å². The third-order valence-corrected chi connectivity index (χ3v) is 3.67. The lowest BCUT2D eigenvalue weighted by atomic mass is 10.2. The van der Waals surface area contributed by atoms with Gasteiger partial charge in [-0.05, 0) is 17.7 Å². The standard InChI is InChI=1S/C17H19N3O7/c1-26-12-5-11(6-13(7-12)27-2)8-20(10-16(23)24)15(22)9-19-4-3-14(21)18-17(19)25/h3-7H,8-10H2,1-2H3,(H,23,24)(H,18,21,25). The van der Waals surface area contributed by atoms with Gasteiger partial charge in [0.05, 0.1) is 14.2 Å². The number of carbonyl (C=O) groups excluding carboxylic acids is 1. The molecule has 1 heterocycles. The van der Waals surface area contributed by atoms with E-state index in [-0.39, 0.29) is 6.54 Å². The summed E-state index contributed by atoms with van der Waals surface area (Å²) >= 11 is 0. The Morgan fingerprint density at radius 2 is 1.78 bits per heavy atom. The molecule has 0 aliphatic carbocycles. The number of rotatable bonds is 8. The zero-order valence-corrected chi connectivity index (χ0v) is 14.8. The van der Waals surface area contributed by atoms with Gasteiger partial charge >= 0.3 is 11.7 Å². The average molecular weight is 377 g/mol. The molecule has 0 aliphatic heterocycles. The summed E-state index contributed by atoms with van der Waals surface area (Å²) in [6.07, 6.45) is 1.17. The molecule has 1 amide bonds. The minimum absolute atomic E-state index is 0.0310. The van der Waals surface area contributed by atoms with Crippen molar-refractivity contribution < 1.29 is 24.2 Å². The summed E-state index contributed by atoms with van der Waals surface area (Å²) in [6, 6.07) is 6.05. The van der Waals surface area contributed by atoms with E-state index in [1.54, 1.807) is 18.2 Å². The van der Waals surface area contributed by atoms with E-state index >= 15 is 0 Å². The number of methoxy groups -OCH3 is 2. The highest BCUT2D eigenvalue weighted by Crippen LogP contribution is 2.23. The number of carbonyl (C=O) groups is 2. The Labute approximate surface area is 153 Å². The first kappa shape index (κ1) is 19.8. The molecule has 0 atom stereocenters. The number of aromatic nitrogens is 2. The minimum Gasteiger partial charge on any atom is -0.497 e. The maximum absolute atomic E-state index is 12.5. The van der Waals surface area contributed by atoms with Crippen LogP contribution in [-0.4, -0.2) is 52.2 Å². The predicted octanol–water partition coefficient (Wildman–Crippen LogP) is -0.333. The van der Waals surface area contributed by atoms with Crippen LogP contribution in [0.4, 0.5) is 0 Å². The lowest BCUT2D eigenvalue weighted by Crippen LogP contribution is -2.40. The van der Waals surface area contributed by atoms with Crippen molar-refractivity contribution in [3.8, 4) is 11.5 Å². The van der Waals surface area contributed by atoms with E-state index < -0.39 is 36.2 Å². The summed E-state index contributed by atoms with van der Waals surface area (Å²) in [7, 11) is 2.95. The smallest absolute Gasteiger partial charge is 0.328 e. The van der Waals surface area contributed by atoms with Gasteiger partial charge in [0.15, 0.2) is 0 Å². The number of aliphatic carboxylic acids is 1. The summed E-state index contributed by atoms with van der Waals surface area (Å²) in [5.74, 6) is -0.826. The van der Waals surface area contributed by atoms with Crippen molar-refractivity contribution in [2.75, 3.05) is 20.8 Å². The Morgan fingerprint density at radius 1 is 1.15 bits per heavy atom. The zero-order chi connectivity index (χ0) is 20.0. The van der Waals surface area contributed by atoms with E-state index in [4.69, 9.17) is 14.6 Å². The zero-order valence-electron chi connectivity index (χ0n) is 14.8. The van der Waals surface area contributed by atoms with E-state index in [1.165, 1.54) is 20.4 Å². The van der Waals surface area contributed by atoms with E-state index in [9.17, 15) is 19.2 Å². The molecule has 1 aromatic heterocycles. The third-order valence-electron chi connectivity index (χ3n) is 3.67. The number of hydrogen-bond donors (Lipinski definition) is 2. The minimum atomic E-state index is -1.20. The Morgan fingerprint density at radius 3 is 2.30 bits per heavy atom. The molecule has 10 heteroatoms. The van der Waals surface area contributed by atoms with Crippen LogP contribution in [0.15, 0.2) is 40.1 Å². The number of nitrogens with one attached hydrogen (secondary N) is 1. The van der Waals surface area contributed by atoms with Crippen molar-refractivity contribution in [2.24, 2.45) is 0 Å². The van der Waals surface area contributed by atoms with Crippen LogP contribution in [0.1, 0.15) is 5.56 Å². The van der Waals surface area contributed by atoms with Gasteiger partial charge in [-0.2, -0.15) is 0 Å². The first-order valence-corrected chi connectivity index (χ1v) is 7.83. The van der Waals surface area contributed by atoms with Gasteiger partial charge in [-0.3, -0.25) is 23.9 Å². The summed E-state index contributed by atoms with van der Waals surface area (Å²) in [5.41, 5.74) is -0.752. The third kappa shape index (κ3) is 5.46. The fraction of sp³-hybridized carbons (Fsp3) is 0.294. The molecule has 0 aliphatic rings. The predicted molar refractivity (Wildman–Crippen MR) is 93.9 cm³/mol. The van der Waals surface area contributed by atoms with Gasteiger partial charge in [0.25, 0.3) is 5.56 Å². The highest BCUT2D eigenvalue weighted by molar-refractivity contribution is 5.81. The molecule has 27 heavy (non-hydrogen) atoms. The molecule has 0 saturated heterocycles. The van der Waals surface area contributed by atoms with Gasteiger partial charge < -0.3 is 19.5 Å². The number of nitrogens with zero attached hydrogens (tertiary/aromatic N) is 2. The molecule has 144 valence electrons. The summed E-state index contributed by atoms with van der Waals surface area (Å²) in [5, 5.41) is 9.11. The Bertz CT molecular complexity index is 926. The van der Waals surface area contributed by atoms with E-state index in [2.05, 4.69) is 0 Å². The van der Waals surface area contributed by atoms with Gasteiger partial charge in [-0.1, -0.05) is 0 Å². The molecule has 1 aromatic carbocycles. The second-order valence-corrected chi connectivity index (χ2v) is 5.60. The van der Waals surface area contributed by atoms with Crippen LogP contribution in [0.25, 0.3) is 0 Å². The molecule has 0 unspecified atom stereocenters. The number of amides is 1. The second kappa shape index (κ2) is 8.70. The Balaban J connectivity index is 2.26. The summed E-state index contributed by atoms with van der Waals surface area (Å²) in [6.45, 7) is -1.00. The van der Waals surface area contributed by atoms with E-state index in [0.717, 1.165) is 15.5 Å². The SMILES string of the molecule is COc1cc(CN(CC(=O)O)C(=O)Cn2ccc(=O)[nH]c2=O)cc(OC)c1. The molecule has 0 spiro atoms. The van der Waals surface area contributed by atoms with Crippen LogP contribution >= 0.6 is 0 Å². The lowest BCUT2D eigenvalue weighted by Gasteiger charge is -2.22. The molecule has 2 aromatic rings. The number of H-pyrrole nitrogens is 1. The van der Waals surface area contributed by atoms with E-state index in [0.29, 0.717) is 17.1 Å². The molecular formula is C17H19N3O7. The lowest BCUT2D eigenvalue weighted by molar-refractivity contribution is -0.145. The van der Waals surface area contributed by atoms with Crippen molar-refractivity contribution in [1.82, 2.24) is 14.5 Å². The fourth-order valence-electron chi connectivity index (χ4n) is 2.39. The molecule has 0 radical (unpaired) electrons. The van der Waals surface area contributed by atoms with Crippen LogP contribution in [0.2, 0.25) is 0 Å². The van der Waals surface area contributed by atoms with Crippen LogP contribution < -0.4 is 20.7 Å². The van der Waals surface area contributed by atoms with Gasteiger partial charge in [0.2, 0.25) is 5.91 Å². The van der Waals surface area contributed by atoms with Crippen molar-refractivity contribution in [3.63, 3.8) is 0 Å². The molecule has 0 bridgehead atoms. The number of benzene rings is 1. The molecule has 10 nitrogen and oxygen atoms in total. The first-order chi connectivity index (χ1) is 12.8. The van der Waals surface area contributed by atoms with Gasteiger partial charge in [-0.25, -0.2) is 4.79 Å². The molecule has 2 rings (SSSR count). The van der Waals surface area contributed by atoms with Crippen LogP contribution in [0, 0.1) is 0 Å². The molecular weight excluding hydrogens is 358 g/mol. The first-order valence-electron chi connectivity index (χ1n) is 7.83. The van der Waals surface area contributed by atoms with Crippen LogP contribution in [0.3, 0.4) is 0 Å². The number of hydrogen-bond acceptors (Lipinski definition) is 6. The number of carboxylic acids is 1. The maximum atomic E-state index is 12.5. The monoisotopic (exact) mass is 377 g/mol. The fourth-order valence-corrected chi connectivity index (χ4v) is 2.39. The molecule has 0 fully saturated rings. The number of aromatic amines is 1. The Kier molecular flexibility index (Phi) is 6.36. The maximum Gasteiger partial charge on any atom is 0.328 e. The number of ether oxygens (including phenoxy) is 2. The van der Waals surface area contributed by atoms with Crippen LogP contribution in [-0.2, 0) is 22.7 Å². The van der Waals surface area contributed by atoms with Crippen molar-refractivity contribution in [2.45, 2.75) is 13.1 Å². The van der Waals surface area contributed by atoms with Crippen molar-refractivity contribution in [1.29, 1.82) is 0 Å². The topological polar surface area (TPSA) is 131 Å². The van der Waals surface area contributed by atoms with Crippen molar-refractivity contribution >= 4 is 11.9 Å².